The minimum Gasteiger partial charge on any atom is -0.368 e. The van der Waals surface area contributed by atoms with Crippen molar-refractivity contribution >= 4 is 17.6 Å². The number of benzene rings is 1. The predicted octanol–water partition coefficient (Wildman–Crippen LogP) is 2.89. The van der Waals surface area contributed by atoms with Crippen LogP contribution in [0.4, 0.5) is 10.5 Å². The van der Waals surface area contributed by atoms with Gasteiger partial charge in [-0.1, -0.05) is 12.1 Å². The van der Waals surface area contributed by atoms with Crippen LogP contribution in [0.3, 0.4) is 0 Å². The summed E-state index contributed by atoms with van der Waals surface area (Å²) in [6, 6.07) is 7.86. The van der Waals surface area contributed by atoms with Gasteiger partial charge >= 0.3 is 6.03 Å². The molecule has 0 unspecified atom stereocenters. The monoisotopic (exact) mass is 345 g/mol. The standard InChI is InChI=1S/C19H27N3O3/c1-14-6-2-3-10-22(14)19(24)20-13-15-7-4-8-16(12-15)21-18(23)17-9-5-11-25-17/h4,7-8,12,14,17H,2-3,5-6,9-11,13H2,1H3,(H,20,24)(H,21,23)/t14-,17+/m1/s1. The first-order chi connectivity index (χ1) is 12.1. The van der Waals surface area contributed by atoms with Gasteiger partial charge in [-0.3, -0.25) is 4.79 Å². The van der Waals surface area contributed by atoms with Crippen molar-refractivity contribution in [3.05, 3.63) is 29.8 Å². The van der Waals surface area contributed by atoms with E-state index < -0.39 is 0 Å². The SMILES string of the molecule is C[C@@H]1CCCCN1C(=O)NCc1cccc(NC(=O)[C@@H]2CCCO2)c1. The Morgan fingerprint density at radius 1 is 1.24 bits per heavy atom. The van der Waals surface area contributed by atoms with Gasteiger partial charge in [-0.2, -0.15) is 0 Å². The van der Waals surface area contributed by atoms with E-state index in [1.165, 1.54) is 6.42 Å². The number of likely N-dealkylation sites (tertiary alicyclic amines) is 1. The van der Waals surface area contributed by atoms with Crippen LogP contribution in [-0.4, -0.2) is 42.1 Å². The maximum atomic E-state index is 12.3. The molecule has 0 spiro atoms. The van der Waals surface area contributed by atoms with Crippen molar-refractivity contribution in [2.24, 2.45) is 0 Å². The number of hydrogen-bond acceptors (Lipinski definition) is 3. The van der Waals surface area contributed by atoms with Crippen molar-refractivity contribution in [2.45, 2.75) is 57.7 Å². The lowest BCUT2D eigenvalue weighted by molar-refractivity contribution is -0.124. The Kier molecular flexibility index (Phi) is 5.91. The Morgan fingerprint density at radius 2 is 2.12 bits per heavy atom. The van der Waals surface area contributed by atoms with Gasteiger partial charge in [0.2, 0.25) is 0 Å². The Hall–Kier alpha value is -2.08. The molecule has 6 nitrogen and oxygen atoms in total. The van der Waals surface area contributed by atoms with Crippen molar-refractivity contribution < 1.29 is 14.3 Å². The van der Waals surface area contributed by atoms with Crippen LogP contribution in [0.2, 0.25) is 0 Å². The minimum absolute atomic E-state index is 0.0130. The molecular formula is C19H27N3O3. The van der Waals surface area contributed by atoms with Crippen LogP contribution in [0.25, 0.3) is 0 Å². The highest BCUT2D eigenvalue weighted by Crippen LogP contribution is 2.18. The molecule has 2 aliphatic heterocycles. The molecule has 6 heteroatoms. The number of anilines is 1. The zero-order valence-electron chi connectivity index (χ0n) is 14.8. The predicted molar refractivity (Wildman–Crippen MR) is 96.3 cm³/mol. The van der Waals surface area contributed by atoms with Crippen molar-refractivity contribution in [2.75, 3.05) is 18.5 Å². The molecule has 0 aliphatic carbocycles. The maximum absolute atomic E-state index is 12.3. The van der Waals surface area contributed by atoms with Crippen molar-refractivity contribution in [1.29, 1.82) is 0 Å². The van der Waals surface area contributed by atoms with Crippen molar-refractivity contribution in [3.8, 4) is 0 Å². The second-order valence-electron chi connectivity index (χ2n) is 6.89. The third-order valence-electron chi connectivity index (χ3n) is 4.92. The number of nitrogens with one attached hydrogen (secondary N) is 2. The highest BCUT2D eigenvalue weighted by molar-refractivity contribution is 5.94. The number of amides is 3. The molecule has 2 N–H and O–H groups in total. The van der Waals surface area contributed by atoms with Crippen LogP contribution in [0.5, 0.6) is 0 Å². The lowest BCUT2D eigenvalue weighted by Gasteiger charge is -2.33. The zero-order valence-corrected chi connectivity index (χ0v) is 14.8. The first-order valence-corrected chi connectivity index (χ1v) is 9.19. The maximum Gasteiger partial charge on any atom is 0.317 e. The topological polar surface area (TPSA) is 70.7 Å². The molecule has 2 saturated heterocycles. The largest absolute Gasteiger partial charge is 0.368 e. The van der Waals surface area contributed by atoms with E-state index in [0.717, 1.165) is 43.5 Å². The molecule has 0 bridgehead atoms. The van der Waals surface area contributed by atoms with Crippen LogP contribution in [0.1, 0.15) is 44.6 Å². The van der Waals surface area contributed by atoms with Gasteiger partial charge < -0.3 is 20.3 Å². The van der Waals surface area contributed by atoms with Crippen LogP contribution < -0.4 is 10.6 Å². The Bertz CT molecular complexity index is 614. The van der Waals surface area contributed by atoms with Gasteiger partial charge in [0, 0.05) is 31.4 Å². The summed E-state index contributed by atoms with van der Waals surface area (Å²) in [5.41, 5.74) is 1.70. The van der Waals surface area contributed by atoms with Crippen LogP contribution >= 0.6 is 0 Å². The Labute approximate surface area is 148 Å². The van der Waals surface area contributed by atoms with E-state index in [0.29, 0.717) is 19.2 Å². The third kappa shape index (κ3) is 4.72. The van der Waals surface area contributed by atoms with Gasteiger partial charge in [0.15, 0.2) is 0 Å². The molecule has 25 heavy (non-hydrogen) atoms. The first-order valence-electron chi connectivity index (χ1n) is 9.19. The normalized spacial score (nSPS) is 23.3. The van der Waals surface area contributed by atoms with Gasteiger partial charge in [0.05, 0.1) is 0 Å². The number of carbonyl (C=O) groups excluding carboxylic acids is 2. The molecule has 2 fully saturated rings. The van der Waals surface area contributed by atoms with Gasteiger partial charge in [-0.25, -0.2) is 4.79 Å². The molecule has 0 aromatic heterocycles. The van der Waals surface area contributed by atoms with Crippen molar-refractivity contribution in [3.63, 3.8) is 0 Å². The zero-order chi connectivity index (χ0) is 17.6. The molecular weight excluding hydrogens is 318 g/mol. The number of hydrogen-bond donors (Lipinski definition) is 2. The second kappa shape index (κ2) is 8.34. The van der Waals surface area contributed by atoms with Gasteiger partial charge in [0.25, 0.3) is 5.91 Å². The van der Waals surface area contributed by atoms with E-state index >= 15 is 0 Å². The summed E-state index contributed by atoms with van der Waals surface area (Å²) in [6.07, 6.45) is 4.69. The van der Waals surface area contributed by atoms with Gasteiger partial charge in [-0.15, -0.1) is 0 Å². The summed E-state index contributed by atoms with van der Waals surface area (Å²) < 4.78 is 5.40. The Balaban J connectivity index is 1.52. The summed E-state index contributed by atoms with van der Waals surface area (Å²) in [6.45, 7) is 4.02. The molecule has 3 amide bonds. The highest BCUT2D eigenvalue weighted by atomic mass is 16.5. The average molecular weight is 345 g/mol. The Morgan fingerprint density at radius 3 is 2.88 bits per heavy atom. The van der Waals surface area contributed by atoms with E-state index in [1.54, 1.807) is 0 Å². The molecule has 2 atom stereocenters. The quantitative estimate of drug-likeness (QED) is 0.881. The molecule has 0 radical (unpaired) electrons. The third-order valence-corrected chi connectivity index (χ3v) is 4.92. The van der Waals surface area contributed by atoms with Gasteiger partial charge in [-0.05, 0) is 56.7 Å². The van der Waals surface area contributed by atoms with Crippen molar-refractivity contribution in [1.82, 2.24) is 10.2 Å². The van der Waals surface area contributed by atoms with E-state index in [2.05, 4.69) is 17.6 Å². The van der Waals surface area contributed by atoms with Gasteiger partial charge in [0.1, 0.15) is 6.10 Å². The second-order valence-corrected chi connectivity index (χ2v) is 6.89. The number of piperidine rings is 1. The van der Waals surface area contributed by atoms with Crippen LogP contribution in [0.15, 0.2) is 24.3 Å². The summed E-state index contributed by atoms with van der Waals surface area (Å²) in [5.74, 6) is -0.0965. The molecule has 136 valence electrons. The van der Waals surface area contributed by atoms with E-state index in [1.807, 2.05) is 29.2 Å². The minimum atomic E-state index is -0.344. The summed E-state index contributed by atoms with van der Waals surface area (Å²) in [5, 5.41) is 5.88. The van der Waals surface area contributed by atoms with Crippen LogP contribution in [-0.2, 0) is 16.1 Å². The molecule has 2 heterocycles. The fraction of sp³-hybridized carbons (Fsp3) is 0.579. The molecule has 2 aliphatic rings. The number of rotatable bonds is 4. The lowest BCUT2D eigenvalue weighted by atomic mass is 10.0. The fourth-order valence-electron chi connectivity index (χ4n) is 3.45. The first kappa shape index (κ1) is 17.7. The van der Waals surface area contributed by atoms with E-state index in [9.17, 15) is 9.59 Å². The average Bonchev–Trinajstić information content (AvgIpc) is 3.15. The highest BCUT2D eigenvalue weighted by Gasteiger charge is 2.24. The molecule has 0 saturated carbocycles. The van der Waals surface area contributed by atoms with Crippen LogP contribution in [0, 0.1) is 0 Å². The molecule has 3 rings (SSSR count). The smallest absolute Gasteiger partial charge is 0.317 e. The fourth-order valence-corrected chi connectivity index (χ4v) is 3.45. The summed E-state index contributed by atoms with van der Waals surface area (Å²) in [4.78, 5) is 26.4. The molecule has 1 aromatic carbocycles. The number of nitrogens with zero attached hydrogens (tertiary/aromatic N) is 1. The summed E-state index contributed by atoms with van der Waals surface area (Å²) in [7, 11) is 0. The number of carbonyl (C=O) groups is 2. The van der Waals surface area contributed by atoms with E-state index in [-0.39, 0.29) is 18.0 Å². The lowest BCUT2D eigenvalue weighted by Crippen LogP contribution is -2.47. The molecule has 1 aromatic rings. The number of urea groups is 1. The van der Waals surface area contributed by atoms with E-state index in [4.69, 9.17) is 4.74 Å². The summed E-state index contributed by atoms with van der Waals surface area (Å²) >= 11 is 0. The number of ether oxygens (including phenoxy) is 1.